The summed E-state index contributed by atoms with van der Waals surface area (Å²) in [5.41, 5.74) is 1.10. The van der Waals surface area contributed by atoms with Gasteiger partial charge in [0.05, 0.1) is 7.11 Å². The molecule has 0 amide bonds. The molecule has 3 heteroatoms. The molecule has 0 aliphatic heterocycles. The third-order valence-corrected chi connectivity index (χ3v) is 2.45. The fourth-order valence-corrected chi connectivity index (χ4v) is 1.09. The third kappa shape index (κ3) is 1.39. The molecule has 1 aromatic heterocycles. The second kappa shape index (κ2) is 3.18. The highest BCUT2D eigenvalue weighted by molar-refractivity contribution is 14.1. The van der Waals surface area contributed by atoms with Gasteiger partial charge in [0.25, 0.3) is 0 Å². The van der Waals surface area contributed by atoms with Gasteiger partial charge in [-0.25, -0.2) is 4.98 Å². The Kier molecular flexibility index (Phi) is 2.48. The van der Waals surface area contributed by atoms with Crippen LogP contribution in [-0.4, -0.2) is 12.1 Å². The molecule has 0 radical (unpaired) electrons. The van der Waals surface area contributed by atoms with Crippen molar-refractivity contribution < 1.29 is 4.74 Å². The van der Waals surface area contributed by atoms with Crippen molar-refractivity contribution in [3.8, 4) is 5.88 Å². The molecule has 2 nitrogen and oxygen atoms in total. The predicted octanol–water partition coefficient (Wildman–Crippen LogP) is 2.00. The maximum atomic E-state index is 5.01. The van der Waals surface area contributed by atoms with Crippen molar-refractivity contribution in [2.24, 2.45) is 0 Å². The fourth-order valence-electron chi connectivity index (χ4n) is 0.700. The SMILES string of the molecule is COc1nccc(I)c1C. The zero-order chi connectivity index (χ0) is 7.56. The lowest BCUT2D eigenvalue weighted by molar-refractivity contribution is 0.394. The molecule has 0 aromatic carbocycles. The summed E-state index contributed by atoms with van der Waals surface area (Å²) in [5, 5.41) is 0. The van der Waals surface area contributed by atoms with Crippen LogP contribution in [0.2, 0.25) is 0 Å². The molecule has 1 heterocycles. The largest absolute Gasteiger partial charge is 0.481 e. The Bertz CT molecular complexity index is 237. The molecular weight excluding hydrogens is 241 g/mol. The van der Waals surface area contributed by atoms with Crippen molar-refractivity contribution in [1.82, 2.24) is 4.98 Å². The number of hydrogen-bond donors (Lipinski definition) is 0. The van der Waals surface area contributed by atoms with E-state index in [0.717, 1.165) is 5.56 Å². The smallest absolute Gasteiger partial charge is 0.216 e. The van der Waals surface area contributed by atoms with E-state index in [1.165, 1.54) is 3.57 Å². The zero-order valence-corrected chi connectivity index (χ0v) is 8.05. The molecule has 0 atom stereocenters. The normalized spacial score (nSPS) is 9.50. The first-order valence-electron chi connectivity index (χ1n) is 2.91. The molecule has 1 rings (SSSR count). The molecule has 1 aromatic rings. The highest BCUT2D eigenvalue weighted by Gasteiger charge is 2.00. The van der Waals surface area contributed by atoms with Gasteiger partial charge >= 0.3 is 0 Å². The van der Waals surface area contributed by atoms with Crippen LogP contribution in [0.4, 0.5) is 0 Å². The first-order valence-corrected chi connectivity index (χ1v) is 3.98. The minimum absolute atomic E-state index is 0.715. The van der Waals surface area contributed by atoms with Crippen LogP contribution in [-0.2, 0) is 0 Å². The van der Waals surface area contributed by atoms with Crippen molar-refractivity contribution in [2.75, 3.05) is 7.11 Å². The maximum absolute atomic E-state index is 5.01. The first-order chi connectivity index (χ1) is 4.75. The van der Waals surface area contributed by atoms with Crippen LogP contribution >= 0.6 is 22.6 Å². The van der Waals surface area contributed by atoms with Crippen LogP contribution in [0.3, 0.4) is 0 Å². The molecule has 0 aliphatic rings. The minimum atomic E-state index is 0.715. The lowest BCUT2D eigenvalue weighted by Gasteiger charge is -2.02. The monoisotopic (exact) mass is 249 g/mol. The molecule has 0 saturated carbocycles. The molecule has 0 aliphatic carbocycles. The Morgan fingerprint density at radius 1 is 1.60 bits per heavy atom. The number of halogens is 1. The fraction of sp³-hybridized carbons (Fsp3) is 0.286. The summed E-state index contributed by atoms with van der Waals surface area (Å²) >= 11 is 2.25. The number of aromatic nitrogens is 1. The van der Waals surface area contributed by atoms with Gasteiger partial charge in [-0.1, -0.05) is 0 Å². The van der Waals surface area contributed by atoms with Crippen molar-refractivity contribution in [1.29, 1.82) is 0 Å². The van der Waals surface area contributed by atoms with Crippen LogP contribution in [0.5, 0.6) is 5.88 Å². The van der Waals surface area contributed by atoms with Gasteiger partial charge in [0.1, 0.15) is 0 Å². The van der Waals surface area contributed by atoms with E-state index in [0.29, 0.717) is 5.88 Å². The Balaban J connectivity index is 3.14. The van der Waals surface area contributed by atoms with Gasteiger partial charge in [0, 0.05) is 15.3 Å². The summed E-state index contributed by atoms with van der Waals surface area (Å²) in [4.78, 5) is 4.03. The molecule has 10 heavy (non-hydrogen) atoms. The van der Waals surface area contributed by atoms with Crippen molar-refractivity contribution in [3.05, 3.63) is 21.4 Å². The first kappa shape index (κ1) is 7.78. The summed E-state index contributed by atoms with van der Waals surface area (Å²) in [5.74, 6) is 0.715. The van der Waals surface area contributed by atoms with E-state index in [9.17, 15) is 0 Å². The summed E-state index contributed by atoms with van der Waals surface area (Å²) in [7, 11) is 1.63. The van der Waals surface area contributed by atoms with E-state index in [2.05, 4.69) is 27.6 Å². The summed E-state index contributed by atoms with van der Waals surface area (Å²) in [6.07, 6.45) is 1.74. The number of rotatable bonds is 1. The van der Waals surface area contributed by atoms with Crippen LogP contribution in [0, 0.1) is 10.5 Å². The molecule has 0 saturated heterocycles. The van der Waals surface area contributed by atoms with Gasteiger partial charge in [0.15, 0.2) is 0 Å². The molecule has 0 bridgehead atoms. The van der Waals surface area contributed by atoms with Gasteiger partial charge in [-0.05, 0) is 35.6 Å². The molecule has 0 fully saturated rings. The quantitative estimate of drug-likeness (QED) is 0.710. The van der Waals surface area contributed by atoms with Crippen molar-refractivity contribution in [2.45, 2.75) is 6.92 Å². The number of hydrogen-bond acceptors (Lipinski definition) is 2. The van der Waals surface area contributed by atoms with E-state index >= 15 is 0 Å². The lowest BCUT2D eigenvalue weighted by Crippen LogP contribution is -1.92. The summed E-state index contributed by atoms with van der Waals surface area (Å²) < 4.78 is 6.19. The minimum Gasteiger partial charge on any atom is -0.481 e. The molecule has 0 unspecified atom stereocenters. The van der Waals surface area contributed by atoms with E-state index in [1.807, 2.05) is 13.0 Å². The van der Waals surface area contributed by atoms with Gasteiger partial charge < -0.3 is 4.74 Å². The second-order valence-corrected chi connectivity index (χ2v) is 3.09. The van der Waals surface area contributed by atoms with Gasteiger partial charge in [0.2, 0.25) is 5.88 Å². The average Bonchev–Trinajstić information content (AvgIpc) is 1.95. The molecule has 0 N–H and O–H groups in total. The van der Waals surface area contributed by atoms with E-state index < -0.39 is 0 Å². The number of ether oxygens (including phenoxy) is 1. The Hall–Kier alpha value is -0.320. The van der Waals surface area contributed by atoms with Gasteiger partial charge in [-0.2, -0.15) is 0 Å². The summed E-state index contributed by atoms with van der Waals surface area (Å²) in [6.45, 7) is 1.99. The number of methoxy groups -OCH3 is 1. The third-order valence-electron chi connectivity index (χ3n) is 1.29. The maximum Gasteiger partial charge on any atom is 0.216 e. The van der Waals surface area contributed by atoms with Crippen LogP contribution in [0.15, 0.2) is 12.3 Å². The Morgan fingerprint density at radius 3 is 2.80 bits per heavy atom. The van der Waals surface area contributed by atoms with Crippen LogP contribution in [0.1, 0.15) is 5.56 Å². The van der Waals surface area contributed by atoms with Crippen molar-refractivity contribution in [3.63, 3.8) is 0 Å². The van der Waals surface area contributed by atoms with Crippen LogP contribution < -0.4 is 4.74 Å². The standard InChI is InChI=1S/C7H8INO/c1-5-6(8)3-4-9-7(5)10-2/h3-4H,1-2H3. The topological polar surface area (TPSA) is 22.1 Å². The van der Waals surface area contributed by atoms with Crippen molar-refractivity contribution >= 4 is 22.6 Å². The molecule has 0 spiro atoms. The average molecular weight is 249 g/mol. The Morgan fingerprint density at radius 2 is 2.30 bits per heavy atom. The van der Waals surface area contributed by atoms with E-state index in [1.54, 1.807) is 13.3 Å². The molecule has 54 valence electrons. The lowest BCUT2D eigenvalue weighted by atomic mass is 10.3. The number of nitrogens with zero attached hydrogens (tertiary/aromatic N) is 1. The predicted molar refractivity (Wildman–Crippen MR) is 48.2 cm³/mol. The van der Waals surface area contributed by atoms with Crippen LogP contribution in [0.25, 0.3) is 0 Å². The second-order valence-electron chi connectivity index (χ2n) is 1.93. The summed E-state index contributed by atoms with van der Waals surface area (Å²) in [6, 6.07) is 1.96. The zero-order valence-electron chi connectivity index (χ0n) is 5.89. The van der Waals surface area contributed by atoms with Gasteiger partial charge in [-0.15, -0.1) is 0 Å². The highest BCUT2D eigenvalue weighted by atomic mass is 127. The Labute approximate surface area is 73.8 Å². The van der Waals surface area contributed by atoms with E-state index in [4.69, 9.17) is 4.74 Å². The highest BCUT2D eigenvalue weighted by Crippen LogP contribution is 2.18. The molecular formula is C7H8INO. The number of pyridine rings is 1. The van der Waals surface area contributed by atoms with E-state index in [-0.39, 0.29) is 0 Å². The van der Waals surface area contributed by atoms with Gasteiger partial charge in [-0.3, -0.25) is 0 Å².